The highest BCUT2D eigenvalue weighted by molar-refractivity contribution is 7.88. The van der Waals surface area contributed by atoms with E-state index in [1.165, 1.54) is 10.6 Å². The third-order valence-corrected chi connectivity index (χ3v) is 6.37. The molecule has 0 saturated carbocycles. The Labute approximate surface area is 183 Å². The lowest BCUT2D eigenvalue weighted by atomic mass is 10.1. The molecular formula is C23H28N4O3S. The van der Waals surface area contributed by atoms with Gasteiger partial charge >= 0.3 is 0 Å². The molecule has 0 fully saturated rings. The smallest absolute Gasteiger partial charge is 0.255 e. The van der Waals surface area contributed by atoms with E-state index in [1.54, 1.807) is 17.8 Å². The SMILES string of the molecule is CCN(CCCNC(=O)c1cn(-c2ccc(C)cc2)nc1-c1ccccc1)S(C)(=O)=O. The van der Waals surface area contributed by atoms with Crippen LogP contribution in [0.15, 0.2) is 60.8 Å². The molecule has 0 aliphatic heterocycles. The number of hydrogen-bond donors (Lipinski definition) is 1. The molecule has 7 nitrogen and oxygen atoms in total. The Bertz CT molecular complexity index is 1120. The van der Waals surface area contributed by atoms with Gasteiger partial charge in [-0.1, -0.05) is 55.0 Å². The highest BCUT2D eigenvalue weighted by Gasteiger charge is 2.19. The van der Waals surface area contributed by atoms with Gasteiger partial charge in [0.2, 0.25) is 10.0 Å². The number of nitrogens with zero attached hydrogens (tertiary/aromatic N) is 3. The molecule has 0 saturated heterocycles. The second-order valence-corrected chi connectivity index (χ2v) is 9.38. The van der Waals surface area contributed by atoms with Crippen LogP contribution in [0.25, 0.3) is 16.9 Å². The van der Waals surface area contributed by atoms with Gasteiger partial charge in [-0.15, -0.1) is 0 Å². The van der Waals surface area contributed by atoms with Crippen molar-refractivity contribution in [1.29, 1.82) is 0 Å². The van der Waals surface area contributed by atoms with Crippen molar-refractivity contribution in [2.24, 2.45) is 0 Å². The van der Waals surface area contributed by atoms with Gasteiger partial charge in [-0.3, -0.25) is 4.79 Å². The molecule has 1 aromatic heterocycles. The van der Waals surface area contributed by atoms with Crippen LogP contribution in [0.1, 0.15) is 29.3 Å². The summed E-state index contributed by atoms with van der Waals surface area (Å²) < 4.78 is 26.5. The van der Waals surface area contributed by atoms with Crippen LogP contribution in [0.5, 0.6) is 0 Å². The molecule has 0 unspecified atom stereocenters. The first-order valence-corrected chi connectivity index (χ1v) is 12.1. The Morgan fingerprint density at radius 1 is 1.10 bits per heavy atom. The van der Waals surface area contributed by atoms with E-state index in [2.05, 4.69) is 10.4 Å². The molecule has 164 valence electrons. The predicted octanol–water partition coefficient (Wildman–Crippen LogP) is 3.25. The van der Waals surface area contributed by atoms with Gasteiger partial charge in [-0.25, -0.2) is 17.4 Å². The molecule has 0 aliphatic carbocycles. The molecule has 8 heteroatoms. The Morgan fingerprint density at radius 3 is 2.39 bits per heavy atom. The molecule has 0 bridgehead atoms. The number of nitrogens with one attached hydrogen (secondary N) is 1. The fraction of sp³-hybridized carbons (Fsp3) is 0.304. The Hall–Kier alpha value is -2.97. The minimum atomic E-state index is -3.23. The minimum Gasteiger partial charge on any atom is -0.352 e. The Balaban J connectivity index is 1.78. The van der Waals surface area contributed by atoms with E-state index in [0.29, 0.717) is 37.3 Å². The highest BCUT2D eigenvalue weighted by Crippen LogP contribution is 2.23. The second-order valence-electron chi connectivity index (χ2n) is 7.40. The number of amides is 1. The summed E-state index contributed by atoms with van der Waals surface area (Å²) in [7, 11) is -3.23. The zero-order valence-electron chi connectivity index (χ0n) is 18.1. The summed E-state index contributed by atoms with van der Waals surface area (Å²) in [5, 5.41) is 7.57. The largest absolute Gasteiger partial charge is 0.352 e. The molecule has 3 aromatic rings. The van der Waals surface area contributed by atoms with Crippen LogP contribution in [0, 0.1) is 6.92 Å². The lowest BCUT2D eigenvalue weighted by Gasteiger charge is -2.17. The first-order chi connectivity index (χ1) is 14.8. The highest BCUT2D eigenvalue weighted by atomic mass is 32.2. The molecule has 2 aromatic carbocycles. The number of carbonyl (C=O) groups is 1. The molecule has 1 N–H and O–H groups in total. The van der Waals surface area contributed by atoms with Crippen molar-refractivity contribution in [1.82, 2.24) is 19.4 Å². The van der Waals surface area contributed by atoms with Crippen LogP contribution < -0.4 is 5.32 Å². The molecular weight excluding hydrogens is 412 g/mol. The van der Waals surface area contributed by atoms with E-state index >= 15 is 0 Å². The van der Waals surface area contributed by atoms with Crippen LogP contribution in [0.2, 0.25) is 0 Å². The van der Waals surface area contributed by atoms with E-state index in [4.69, 9.17) is 0 Å². The van der Waals surface area contributed by atoms with Crippen molar-refractivity contribution in [3.8, 4) is 16.9 Å². The number of hydrogen-bond acceptors (Lipinski definition) is 4. The van der Waals surface area contributed by atoms with Crippen molar-refractivity contribution in [3.63, 3.8) is 0 Å². The summed E-state index contributed by atoms with van der Waals surface area (Å²) >= 11 is 0. The van der Waals surface area contributed by atoms with E-state index in [-0.39, 0.29) is 5.91 Å². The number of benzene rings is 2. The maximum Gasteiger partial charge on any atom is 0.255 e. The van der Waals surface area contributed by atoms with Crippen LogP contribution >= 0.6 is 0 Å². The Morgan fingerprint density at radius 2 is 1.77 bits per heavy atom. The van der Waals surface area contributed by atoms with E-state index in [1.807, 2.05) is 61.5 Å². The fourth-order valence-electron chi connectivity index (χ4n) is 3.29. The van der Waals surface area contributed by atoms with E-state index in [0.717, 1.165) is 16.8 Å². The minimum absolute atomic E-state index is 0.236. The third kappa shape index (κ3) is 5.80. The van der Waals surface area contributed by atoms with Crippen molar-refractivity contribution in [3.05, 3.63) is 71.9 Å². The molecule has 3 rings (SSSR count). The van der Waals surface area contributed by atoms with Gasteiger partial charge in [-0.2, -0.15) is 5.10 Å². The average molecular weight is 441 g/mol. The molecule has 0 aliphatic rings. The normalized spacial score (nSPS) is 11.6. The molecule has 1 heterocycles. The van der Waals surface area contributed by atoms with E-state index in [9.17, 15) is 13.2 Å². The predicted molar refractivity (Wildman–Crippen MR) is 123 cm³/mol. The fourth-order valence-corrected chi connectivity index (χ4v) is 4.22. The number of aromatic nitrogens is 2. The monoisotopic (exact) mass is 440 g/mol. The summed E-state index contributed by atoms with van der Waals surface area (Å²) in [5.74, 6) is -0.236. The number of aryl methyl sites for hydroxylation is 1. The molecule has 0 radical (unpaired) electrons. The van der Waals surface area contributed by atoms with Gasteiger partial charge in [0.15, 0.2) is 0 Å². The summed E-state index contributed by atoms with van der Waals surface area (Å²) in [6, 6.07) is 17.5. The number of sulfonamides is 1. The van der Waals surface area contributed by atoms with Crippen molar-refractivity contribution in [2.75, 3.05) is 25.9 Å². The summed E-state index contributed by atoms with van der Waals surface area (Å²) in [6.45, 7) is 4.96. The van der Waals surface area contributed by atoms with Crippen molar-refractivity contribution < 1.29 is 13.2 Å². The Kier molecular flexibility index (Phi) is 7.25. The van der Waals surface area contributed by atoms with Gasteiger partial charge in [0, 0.05) is 31.4 Å². The number of rotatable bonds is 9. The summed E-state index contributed by atoms with van der Waals surface area (Å²) in [4.78, 5) is 13.0. The summed E-state index contributed by atoms with van der Waals surface area (Å²) in [5.41, 5.74) is 3.95. The molecule has 31 heavy (non-hydrogen) atoms. The number of carbonyl (C=O) groups excluding carboxylic acids is 1. The second kappa shape index (κ2) is 9.89. The average Bonchev–Trinajstić information content (AvgIpc) is 3.19. The first kappa shape index (κ1) is 22.7. The summed E-state index contributed by atoms with van der Waals surface area (Å²) in [6.07, 6.45) is 3.46. The zero-order valence-corrected chi connectivity index (χ0v) is 18.9. The molecule has 1 amide bonds. The van der Waals surface area contributed by atoms with Gasteiger partial charge in [0.1, 0.15) is 5.69 Å². The third-order valence-electron chi connectivity index (χ3n) is 5.00. The lowest BCUT2D eigenvalue weighted by molar-refractivity contribution is 0.0953. The maximum absolute atomic E-state index is 13.0. The van der Waals surface area contributed by atoms with Crippen molar-refractivity contribution >= 4 is 15.9 Å². The van der Waals surface area contributed by atoms with Crippen LogP contribution in [-0.4, -0.2) is 54.3 Å². The topological polar surface area (TPSA) is 84.3 Å². The molecule has 0 atom stereocenters. The zero-order chi connectivity index (χ0) is 22.4. The van der Waals surface area contributed by atoms with Crippen LogP contribution in [-0.2, 0) is 10.0 Å². The lowest BCUT2D eigenvalue weighted by Crippen LogP contribution is -2.33. The van der Waals surface area contributed by atoms with Gasteiger partial charge < -0.3 is 5.32 Å². The van der Waals surface area contributed by atoms with Crippen LogP contribution in [0.3, 0.4) is 0 Å². The maximum atomic E-state index is 13.0. The van der Waals surface area contributed by atoms with Gasteiger partial charge in [0.25, 0.3) is 5.91 Å². The first-order valence-electron chi connectivity index (χ1n) is 10.2. The van der Waals surface area contributed by atoms with Gasteiger partial charge in [0.05, 0.1) is 17.5 Å². The quantitative estimate of drug-likeness (QED) is 0.518. The van der Waals surface area contributed by atoms with E-state index < -0.39 is 10.0 Å². The van der Waals surface area contributed by atoms with Crippen LogP contribution in [0.4, 0.5) is 0 Å². The standard InChI is InChI=1S/C23H28N4O3S/c1-4-26(31(3,29)30)16-8-15-24-23(28)21-17-27(20-13-11-18(2)12-14-20)25-22(21)19-9-6-5-7-10-19/h5-7,9-14,17H,4,8,15-16H2,1-3H3,(H,24,28). The molecule has 0 spiro atoms. The van der Waals surface area contributed by atoms with Gasteiger partial charge in [-0.05, 0) is 25.5 Å². The van der Waals surface area contributed by atoms with Crippen molar-refractivity contribution in [2.45, 2.75) is 20.3 Å².